The van der Waals surface area contributed by atoms with Gasteiger partial charge in [0.25, 0.3) is 11.9 Å². The molecule has 0 bridgehead atoms. The first-order valence-electron chi connectivity index (χ1n) is 11.3. The summed E-state index contributed by atoms with van der Waals surface area (Å²) < 4.78 is 0. The summed E-state index contributed by atoms with van der Waals surface area (Å²) in [7, 11) is 0. The highest BCUT2D eigenvalue weighted by atomic mass is 15.6. The lowest BCUT2D eigenvalue weighted by atomic mass is 10.1. The van der Waals surface area contributed by atoms with Gasteiger partial charge in [-0.2, -0.15) is 4.98 Å². The van der Waals surface area contributed by atoms with E-state index in [-0.39, 0.29) is 0 Å². The topological polar surface area (TPSA) is 49.0 Å². The van der Waals surface area contributed by atoms with Gasteiger partial charge in [0.2, 0.25) is 6.04 Å². The van der Waals surface area contributed by atoms with Gasteiger partial charge in [-0.3, -0.25) is 0 Å². The molecule has 0 amide bonds. The Morgan fingerprint density at radius 1 is 0.630 bits per heavy atom. The van der Waals surface area contributed by atoms with E-state index in [0.717, 1.165) is 89.4 Å². The van der Waals surface area contributed by atoms with Gasteiger partial charge in [-0.25, -0.2) is 0 Å². The molecule has 6 nitrogen and oxygen atoms in total. The largest absolute Gasteiger partial charge is 0.336 e. The Morgan fingerprint density at radius 3 is 1.30 bits per heavy atom. The van der Waals surface area contributed by atoms with Gasteiger partial charge in [0.1, 0.15) is 0 Å². The molecule has 0 saturated carbocycles. The SMILES string of the molecule is CCCC(CCC)[n+]1nc(N(CCC)CCC)nc(N(CCC)CCC)n1. The fourth-order valence-corrected chi connectivity index (χ4v) is 3.52. The molecule has 1 aromatic rings. The summed E-state index contributed by atoms with van der Waals surface area (Å²) in [4.78, 5) is 11.6. The van der Waals surface area contributed by atoms with Crippen LogP contribution in [0, 0.1) is 0 Å². The summed E-state index contributed by atoms with van der Waals surface area (Å²) >= 11 is 0. The molecule has 0 aliphatic heterocycles. The minimum absolute atomic E-state index is 0.357. The molecule has 6 heteroatoms. The van der Waals surface area contributed by atoms with Gasteiger partial charge in [-0.1, -0.05) is 41.5 Å². The molecule has 0 saturated heterocycles. The van der Waals surface area contributed by atoms with E-state index in [2.05, 4.69) is 51.3 Å². The third-order valence-electron chi connectivity index (χ3n) is 4.69. The van der Waals surface area contributed by atoms with Crippen LogP contribution in [0.2, 0.25) is 0 Å². The lowest BCUT2D eigenvalue weighted by molar-refractivity contribution is -0.828. The molecule has 0 spiro atoms. The Morgan fingerprint density at radius 2 is 1.00 bits per heavy atom. The van der Waals surface area contributed by atoms with Crippen molar-refractivity contribution in [2.24, 2.45) is 0 Å². The third kappa shape index (κ3) is 7.59. The summed E-state index contributed by atoms with van der Waals surface area (Å²) in [6.45, 7) is 17.3. The van der Waals surface area contributed by atoms with Crippen LogP contribution in [0.25, 0.3) is 0 Å². The first-order valence-corrected chi connectivity index (χ1v) is 11.3. The Labute approximate surface area is 167 Å². The van der Waals surface area contributed by atoms with Crippen LogP contribution in [0.4, 0.5) is 11.9 Å². The lowest BCUT2D eigenvalue weighted by Crippen LogP contribution is -2.50. The van der Waals surface area contributed by atoms with E-state index in [0.29, 0.717) is 6.04 Å². The zero-order chi connectivity index (χ0) is 20.1. The van der Waals surface area contributed by atoms with E-state index < -0.39 is 0 Å². The van der Waals surface area contributed by atoms with Crippen LogP contribution in [-0.2, 0) is 0 Å². The molecule has 156 valence electrons. The molecular formula is C21H43N6+. The van der Waals surface area contributed by atoms with E-state index in [1.54, 1.807) is 0 Å². The summed E-state index contributed by atoms with van der Waals surface area (Å²) in [5.74, 6) is 1.69. The second kappa shape index (κ2) is 13.7. The first kappa shape index (κ1) is 23.6. The van der Waals surface area contributed by atoms with Crippen molar-refractivity contribution in [3.63, 3.8) is 0 Å². The van der Waals surface area contributed by atoms with E-state index in [1.165, 1.54) is 0 Å². The van der Waals surface area contributed by atoms with Gasteiger partial charge in [0, 0.05) is 43.8 Å². The van der Waals surface area contributed by atoms with Crippen LogP contribution >= 0.6 is 0 Å². The smallest absolute Gasteiger partial charge is 0.297 e. The van der Waals surface area contributed by atoms with E-state index in [9.17, 15) is 0 Å². The Bertz CT molecular complexity index is 406. The molecule has 0 fully saturated rings. The van der Waals surface area contributed by atoms with Gasteiger partial charge in [0.15, 0.2) is 0 Å². The van der Waals surface area contributed by atoms with Crippen LogP contribution in [-0.4, -0.2) is 41.4 Å². The van der Waals surface area contributed by atoms with Gasteiger partial charge in [0.05, 0.1) is 10.2 Å². The van der Waals surface area contributed by atoms with Crippen molar-refractivity contribution in [2.75, 3.05) is 36.0 Å². The average Bonchev–Trinajstić information content (AvgIpc) is 2.67. The van der Waals surface area contributed by atoms with Gasteiger partial charge >= 0.3 is 0 Å². The molecule has 0 unspecified atom stereocenters. The average molecular weight is 380 g/mol. The maximum absolute atomic E-state index is 4.92. The molecule has 1 rings (SSSR count). The lowest BCUT2D eigenvalue weighted by Gasteiger charge is -2.23. The predicted molar refractivity (Wildman–Crippen MR) is 114 cm³/mol. The van der Waals surface area contributed by atoms with Crippen LogP contribution < -0.4 is 14.6 Å². The molecular weight excluding hydrogens is 336 g/mol. The van der Waals surface area contributed by atoms with Crippen LogP contribution in [0.5, 0.6) is 0 Å². The van der Waals surface area contributed by atoms with Crippen molar-refractivity contribution >= 4 is 11.9 Å². The zero-order valence-electron chi connectivity index (χ0n) is 18.7. The van der Waals surface area contributed by atoms with Gasteiger partial charge in [-0.05, 0) is 38.5 Å². The standard InChI is InChI=1S/C21H43N6/c1-7-13-19(14-8-2)27-23-20(25(15-9-3)16-10-4)22-21(24-27)26(17-11-5)18-12-6/h19H,7-18H2,1-6H3/q+1. The minimum atomic E-state index is 0.357. The second-order valence-electron chi connectivity index (χ2n) is 7.44. The van der Waals surface area contributed by atoms with Gasteiger partial charge < -0.3 is 9.80 Å². The van der Waals surface area contributed by atoms with E-state index in [4.69, 9.17) is 15.2 Å². The number of rotatable bonds is 15. The Hall–Kier alpha value is -1.46. The van der Waals surface area contributed by atoms with Crippen LogP contribution in [0.15, 0.2) is 0 Å². The zero-order valence-corrected chi connectivity index (χ0v) is 18.7. The Balaban J connectivity index is 3.38. The molecule has 27 heavy (non-hydrogen) atoms. The van der Waals surface area contributed by atoms with Crippen molar-refractivity contribution in [1.29, 1.82) is 0 Å². The van der Waals surface area contributed by atoms with Crippen LogP contribution in [0.3, 0.4) is 0 Å². The molecule has 0 N–H and O–H groups in total. The van der Waals surface area contributed by atoms with E-state index in [1.807, 2.05) is 4.80 Å². The van der Waals surface area contributed by atoms with Gasteiger partial charge in [-0.15, -0.1) is 0 Å². The van der Waals surface area contributed by atoms with Crippen molar-refractivity contribution in [2.45, 2.75) is 99.0 Å². The number of hydrogen-bond acceptors (Lipinski definition) is 5. The molecule has 1 aromatic heterocycles. The molecule has 0 aliphatic rings. The molecule has 0 atom stereocenters. The number of anilines is 2. The Kier molecular flexibility index (Phi) is 11.9. The van der Waals surface area contributed by atoms with Crippen LogP contribution in [0.1, 0.15) is 99.0 Å². The second-order valence-corrected chi connectivity index (χ2v) is 7.44. The third-order valence-corrected chi connectivity index (χ3v) is 4.69. The molecule has 1 heterocycles. The summed E-state index contributed by atoms with van der Waals surface area (Å²) in [6.07, 6.45) is 8.92. The fourth-order valence-electron chi connectivity index (χ4n) is 3.52. The quantitative estimate of drug-likeness (QED) is 0.418. The molecule has 0 aliphatic carbocycles. The minimum Gasteiger partial charge on any atom is -0.336 e. The molecule has 0 radical (unpaired) electrons. The highest BCUT2D eigenvalue weighted by molar-refractivity contribution is 5.35. The van der Waals surface area contributed by atoms with Crippen molar-refractivity contribution in [3.05, 3.63) is 0 Å². The van der Waals surface area contributed by atoms with Crippen molar-refractivity contribution in [3.8, 4) is 0 Å². The first-order chi connectivity index (χ1) is 13.1. The fraction of sp³-hybridized carbons (Fsp3) is 0.905. The monoisotopic (exact) mass is 379 g/mol. The van der Waals surface area contributed by atoms with E-state index >= 15 is 0 Å². The number of nitrogens with zero attached hydrogens (tertiary/aromatic N) is 6. The number of hydrogen-bond donors (Lipinski definition) is 0. The summed E-state index contributed by atoms with van der Waals surface area (Å²) in [5, 5.41) is 9.81. The normalized spacial score (nSPS) is 11.2. The number of aromatic nitrogens is 4. The predicted octanol–water partition coefficient (Wildman–Crippen LogP) is 4.55. The summed E-state index contributed by atoms with van der Waals surface area (Å²) in [5.41, 5.74) is 0. The highest BCUT2D eigenvalue weighted by Crippen LogP contribution is 2.17. The van der Waals surface area contributed by atoms with Crippen molar-refractivity contribution in [1.82, 2.24) is 15.2 Å². The maximum atomic E-state index is 4.92. The highest BCUT2D eigenvalue weighted by Gasteiger charge is 2.27. The summed E-state index contributed by atoms with van der Waals surface area (Å²) in [6, 6.07) is 0.357. The molecule has 0 aromatic carbocycles. The van der Waals surface area contributed by atoms with Crippen molar-refractivity contribution < 1.29 is 4.80 Å². The maximum Gasteiger partial charge on any atom is 0.297 e.